The van der Waals surface area contributed by atoms with Gasteiger partial charge in [-0.1, -0.05) is 48.5 Å². The van der Waals surface area contributed by atoms with Crippen molar-refractivity contribution in [2.24, 2.45) is 0 Å². The van der Waals surface area contributed by atoms with Gasteiger partial charge in [-0.15, -0.1) is 0 Å². The van der Waals surface area contributed by atoms with Crippen molar-refractivity contribution >= 4 is 11.7 Å². The van der Waals surface area contributed by atoms with Crippen molar-refractivity contribution in [1.82, 2.24) is 0 Å². The van der Waals surface area contributed by atoms with E-state index in [2.05, 4.69) is 0 Å². The second-order valence-corrected chi connectivity index (χ2v) is 4.89. The monoisotopic (exact) mass is 299 g/mol. The third-order valence-electron chi connectivity index (χ3n) is 3.26. The van der Waals surface area contributed by atoms with Gasteiger partial charge in [0.2, 0.25) is 0 Å². The van der Waals surface area contributed by atoms with E-state index in [0.717, 1.165) is 5.56 Å². The van der Waals surface area contributed by atoms with Crippen LogP contribution in [-0.4, -0.2) is 10.9 Å². The highest BCUT2D eigenvalue weighted by Gasteiger charge is 2.12. The van der Waals surface area contributed by atoms with Gasteiger partial charge in [0.15, 0.2) is 0 Å². The van der Waals surface area contributed by atoms with Crippen LogP contribution in [0.15, 0.2) is 54.6 Å². The summed E-state index contributed by atoms with van der Waals surface area (Å²) in [6, 6.07) is 16.0. The molecule has 0 fully saturated rings. The third-order valence-corrected chi connectivity index (χ3v) is 3.26. The molecule has 2 aromatic carbocycles. The number of ether oxygens (including phenoxy) is 1. The predicted molar refractivity (Wildman–Crippen MR) is 82.3 cm³/mol. The summed E-state index contributed by atoms with van der Waals surface area (Å²) in [6.45, 7) is 0.255. The molecule has 0 aliphatic rings. The largest absolute Gasteiger partial charge is 0.461 e. The lowest BCUT2D eigenvalue weighted by Gasteiger charge is -2.05. The molecular formula is C17H17NO4. The number of benzene rings is 2. The van der Waals surface area contributed by atoms with Crippen LogP contribution < -0.4 is 0 Å². The number of nitrogens with zero attached hydrogens (tertiary/aromatic N) is 1. The van der Waals surface area contributed by atoms with Crippen LogP contribution in [-0.2, 0) is 22.6 Å². The van der Waals surface area contributed by atoms with Gasteiger partial charge in [0.25, 0.3) is 5.69 Å². The van der Waals surface area contributed by atoms with Crippen LogP contribution >= 0.6 is 0 Å². The molecule has 114 valence electrons. The number of carbonyl (C=O) groups is 1. The van der Waals surface area contributed by atoms with Gasteiger partial charge in [0.05, 0.1) is 4.92 Å². The first-order chi connectivity index (χ1) is 10.7. The number of nitro benzene ring substituents is 1. The molecule has 0 bridgehead atoms. The molecule has 0 aliphatic heterocycles. The zero-order valence-corrected chi connectivity index (χ0v) is 12.1. The Bertz CT molecular complexity index is 640. The molecule has 0 spiro atoms. The smallest absolute Gasteiger partial charge is 0.306 e. The fraction of sp³-hybridized carbons (Fsp3) is 0.235. The van der Waals surface area contributed by atoms with Crippen LogP contribution in [0.4, 0.5) is 5.69 Å². The van der Waals surface area contributed by atoms with Crippen molar-refractivity contribution in [2.75, 3.05) is 0 Å². The Hall–Kier alpha value is -2.69. The first-order valence-electron chi connectivity index (χ1n) is 7.08. The highest BCUT2D eigenvalue weighted by molar-refractivity contribution is 5.69. The van der Waals surface area contributed by atoms with E-state index in [-0.39, 0.29) is 24.7 Å². The Morgan fingerprint density at radius 3 is 2.45 bits per heavy atom. The molecule has 0 saturated heterocycles. The Morgan fingerprint density at radius 2 is 1.73 bits per heavy atom. The van der Waals surface area contributed by atoms with Gasteiger partial charge in [-0.3, -0.25) is 14.9 Å². The summed E-state index contributed by atoms with van der Waals surface area (Å²) in [7, 11) is 0. The van der Waals surface area contributed by atoms with Gasteiger partial charge in [0, 0.05) is 18.1 Å². The van der Waals surface area contributed by atoms with Gasteiger partial charge in [-0.2, -0.15) is 0 Å². The van der Waals surface area contributed by atoms with Crippen molar-refractivity contribution < 1.29 is 14.5 Å². The normalized spacial score (nSPS) is 10.2. The zero-order chi connectivity index (χ0) is 15.8. The molecule has 0 N–H and O–H groups in total. The van der Waals surface area contributed by atoms with Crippen molar-refractivity contribution in [3.63, 3.8) is 0 Å². The van der Waals surface area contributed by atoms with E-state index in [0.29, 0.717) is 18.4 Å². The molecule has 0 radical (unpaired) electrons. The number of nitro groups is 1. The van der Waals surface area contributed by atoms with Gasteiger partial charge in [-0.25, -0.2) is 0 Å². The Morgan fingerprint density at radius 1 is 1.05 bits per heavy atom. The topological polar surface area (TPSA) is 69.4 Å². The third kappa shape index (κ3) is 4.70. The van der Waals surface area contributed by atoms with Gasteiger partial charge >= 0.3 is 5.97 Å². The fourth-order valence-corrected chi connectivity index (χ4v) is 2.13. The Kier molecular flexibility index (Phi) is 5.65. The average molecular weight is 299 g/mol. The van der Waals surface area contributed by atoms with Gasteiger partial charge in [0.1, 0.15) is 6.61 Å². The summed E-state index contributed by atoms with van der Waals surface area (Å²) in [5.41, 5.74) is 1.68. The van der Waals surface area contributed by atoms with Crippen LogP contribution in [0.5, 0.6) is 0 Å². The lowest BCUT2D eigenvalue weighted by molar-refractivity contribution is -0.385. The van der Waals surface area contributed by atoms with Crippen LogP contribution in [0.2, 0.25) is 0 Å². The lowest BCUT2D eigenvalue weighted by Crippen LogP contribution is -2.05. The number of carbonyl (C=O) groups excluding carboxylic acids is 1. The SMILES string of the molecule is O=C(CCCc1ccccc1[N+](=O)[O-])OCc1ccccc1. The molecule has 0 heterocycles. The minimum Gasteiger partial charge on any atom is -0.461 e. The molecule has 0 amide bonds. The molecule has 2 aromatic rings. The van der Waals surface area contributed by atoms with E-state index in [1.165, 1.54) is 6.07 Å². The second-order valence-electron chi connectivity index (χ2n) is 4.89. The summed E-state index contributed by atoms with van der Waals surface area (Å²) in [5.74, 6) is -0.289. The van der Waals surface area contributed by atoms with Crippen LogP contribution in [0.25, 0.3) is 0 Å². The number of esters is 1. The maximum Gasteiger partial charge on any atom is 0.306 e. The molecular weight excluding hydrogens is 282 g/mol. The number of hydrogen-bond donors (Lipinski definition) is 0. The molecule has 5 nitrogen and oxygen atoms in total. The van der Waals surface area contributed by atoms with Gasteiger partial charge in [-0.05, 0) is 18.4 Å². The number of para-hydroxylation sites is 1. The fourth-order valence-electron chi connectivity index (χ4n) is 2.13. The van der Waals surface area contributed by atoms with E-state index in [1.54, 1.807) is 18.2 Å². The zero-order valence-electron chi connectivity index (χ0n) is 12.1. The molecule has 2 rings (SSSR count). The summed E-state index contributed by atoms with van der Waals surface area (Å²) in [5, 5.41) is 10.9. The van der Waals surface area contributed by atoms with Crippen LogP contribution in [0, 0.1) is 10.1 Å². The van der Waals surface area contributed by atoms with Crippen molar-refractivity contribution in [3.8, 4) is 0 Å². The average Bonchev–Trinajstić information content (AvgIpc) is 2.54. The van der Waals surface area contributed by atoms with Crippen molar-refractivity contribution in [3.05, 3.63) is 75.8 Å². The van der Waals surface area contributed by atoms with Crippen LogP contribution in [0.3, 0.4) is 0 Å². The molecule has 0 aliphatic carbocycles. The van der Waals surface area contributed by atoms with E-state index >= 15 is 0 Å². The van der Waals surface area contributed by atoms with Crippen LogP contribution in [0.1, 0.15) is 24.0 Å². The summed E-state index contributed by atoms with van der Waals surface area (Å²) < 4.78 is 5.17. The molecule has 22 heavy (non-hydrogen) atoms. The molecule has 0 saturated carbocycles. The molecule has 0 aromatic heterocycles. The highest BCUT2D eigenvalue weighted by atomic mass is 16.6. The first-order valence-corrected chi connectivity index (χ1v) is 7.08. The number of aryl methyl sites for hydroxylation is 1. The van der Waals surface area contributed by atoms with E-state index < -0.39 is 4.92 Å². The minimum absolute atomic E-state index is 0.0974. The molecule has 0 atom stereocenters. The summed E-state index contributed by atoms with van der Waals surface area (Å²) in [6.07, 6.45) is 1.26. The second kappa shape index (κ2) is 7.93. The highest BCUT2D eigenvalue weighted by Crippen LogP contribution is 2.19. The lowest BCUT2D eigenvalue weighted by atomic mass is 10.1. The quantitative estimate of drug-likeness (QED) is 0.444. The summed E-state index contributed by atoms with van der Waals surface area (Å²) in [4.78, 5) is 22.2. The van der Waals surface area contributed by atoms with Crippen molar-refractivity contribution in [2.45, 2.75) is 25.9 Å². The van der Waals surface area contributed by atoms with E-state index in [1.807, 2.05) is 30.3 Å². The maximum atomic E-state index is 11.7. The first kappa shape index (κ1) is 15.7. The Labute approximate surface area is 128 Å². The summed E-state index contributed by atoms with van der Waals surface area (Å²) >= 11 is 0. The van der Waals surface area contributed by atoms with Crippen molar-refractivity contribution in [1.29, 1.82) is 0 Å². The standard InChI is InChI=1S/C17H17NO4/c19-17(22-13-14-7-2-1-3-8-14)12-6-10-15-9-4-5-11-16(15)18(20)21/h1-5,7-9,11H,6,10,12-13H2. The molecule has 0 unspecified atom stereocenters. The van der Waals surface area contributed by atoms with E-state index in [9.17, 15) is 14.9 Å². The number of rotatable bonds is 7. The predicted octanol–water partition coefficient (Wildman–Crippen LogP) is 3.66. The minimum atomic E-state index is -0.400. The van der Waals surface area contributed by atoms with E-state index in [4.69, 9.17) is 4.74 Å². The molecule has 5 heteroatoms. The Balaban J connectivity index is 1.77. The van der Waals surface area contributed by atoms with Gasteiger partial charge < -0.3 is 4.74 Å². The maximum absolute atomic E-state index is 11.7. The number of hydrogen-bond acceptors (Lipinski definition) is 4.